The van der Waals surface area contributed by atoms with E-state index in [2.05, 4.69) is 58.9 Å². The zero-order valence-electron chi connectivity index (χ0n) is 19.3. The molecule has 0 bridgehead atoms. The van der Waals surface area contributed by atoms with E-state index >= 15 is 0 Å². The van der Waals surface area contributed by atoms with Crippen molar-refractivity contribution in [2.75, 3.05) is 18.9 Å². The first kappa shape index (κ1) is 24.6. The van der Waals surface area contributed by atoms with Crippen LogP contribution in [0.4, 0.5) is 5.82 Å². The predicted octanol–water partition coefficient (Wildman–Crippen LogP) is 2.24. The Labute approximate surface area is 209 Å². The number of piperidine rings is 1. The fourth-order valence-corrected chi connectivity index (χ4v) is 4.32. The number of hydrogen-bond donors (Lipinski definition) is 3. The van der Waals surface area contributed by atoms with Gasteiger partial charge in [0, 0.05) is 12.6 Å². The SMILES string of the molecule is CCOc1cc(/C=N/NC(=O)c2nnn(-c3nonc3N)c2CN2CCCC[C@H]2C)cc(Br)c1O. The summed E-state index contributed by atoms with van der Waals surface area (Å²) in [6.07, 6.45) is 4.72. The molecular weight excluding hydrogens is 522 g/mol. The largest absolute Gasteiger partial charge is 0.503 e. The van der Waals surface area contributed by atoms with E-state index in [1.165, 1.54) is 10.9 Å². The minimum atomic E-state index is -0.551. The highest BCUT2D eigenvalue weighted by molar-refractivity contribution is 9.10. The molecule has 3 heterocycles. The van der Waals surface area contributed by atoms with Crippen LogP contribution < -0.4 is 15.9 Å². The molecule has 0 aliphatic carbocycles. The molecule has 1 aliphatic rings. The number of phenols is 1. The fourth-order valence-electron chi connectivity index (χ4n) is 3.86. The monoisotopic (exact) mass is 547 g/mol. The number of likely N-dealkylation sites (tertiary alicyclic amines) is 1. The Morgan fingerprint density at radius 3 is 2.97 bits per heavy atom. The molecule has 1 aromatic carbocycles. The number of halogens is 1. The van der Waals surface area contributed by atoms with Crippen molar-refractivity contribution in [3.63, 3.8) is 0 Å². The van der Waals surface area contributed by atoms with Crippen LogP contribution in [0.25, 0.3) is 5.82 Å². The third kappa shape index (κ3) is 5.43. The topological polar surface area (TPSA) is 170 Å². The molecule has 1 aliphatic heterocycles. The summed E-state index contributed by atoms with van der Waals surface area (Å²) in [5, 5.41) is 29.7. The number of ether oxygens (including phenoxy) is 1. The van der Waals surface area contributed by atoms with Gasteiger partial charge in [-0.25, -0.2) is 10.1 Å². The zero-order chi connectivity index (χ0) is 24.9. The molecule has 0 radical (unpaired) electrons. The van der Waals surface area contributed by atoms with Crippen molar-refractivity contribution in [3.05, 3.63) is 33.6 Å². The molecule has 4 N–H and O–H groups in total. The third-order valence-electron chi connectivity index (χ3n) is 5.70. The lowest BCUT2D eigenvalue weighted by Gasteiger charge is -2.33. The van der Waals surface area contributed by atoms with Gasteiger partial charge in [0.25, 0.3) is 5.91 Å². The number of nitrogen functional groups attached to an aromatic ring is 1. The van der Waals surface area contributed by atoms with Crippen molar-refractivity contribution in [2.45, 2.75) is 45.7 Å². The second-order valence-corrected chi connectivity index (χ2v) is 8.92. The predicted molar refractivity (Wildman–Crippen MR) is 129 cm³/mol. The summed E-state index contributed by atoms with van der Waals surface area (Å²) in [6.45, 7) is 5.64. The van der Waals surface area contributed by atoms with Gasteiger partial charge in [-0.1, -0.05) is 11.6 Å². The van der Waals surface area contributed by atoms with Crippen LogP contribution in [0.3, 0.4) is 0 Å². The first-order valence-corrected chi connectivity index (χ1v) is 11.9. The van der Waals surface area contributed by atoms with E-state index < -0.39 is 5.91 Å². The smallest absolute Gasteiger partial charge is 0.293 e. The van der Waals surface area contributed by atoms with Crippen molar-refractivity contribution in [1.82, 2.24) is 35.6 Å². The van der Waals surface area contributed by atoms with Crippen molar-refractivity contribution in [1.29, 1.82) is 0 Å². The van der Waals surface area contributed by atoms with Gasteiger partial charge in [0.05, 0.1) is 23.0 Å². The van der Waals surface area contributed by atoms with Crippen LogP contribution in [0.5, 0.6) is 11.5 Å². The summed E-state index contributed by atoms with van der Waals surface area (Å²) in [6, 6.07) is 3.59. The Kier molecular flexibility index (Phi) is 7.60. The summed E-state index contributed by atoms with van der Waals surface area (Å²) in [7, 11) is 0. The normalized spacial score (nSPS) is 16.6. The number of benzene rings is 1. The quantitative estimate of drug-likeness (QED) is 0.280. The molecule has 35 heavy (non-hydrogen) atoms. The highest BCUT2D eigenvalue weighted by atomic mass is 79.9. The Balaban J connectivity index is 1.57. The Morgan fingerprint density at radius 2 is 2.26 bits per heavy atom. The second kappa shape index (κ2) is 10.8. The first-order chi connectivity index (χ1) is 16.9. The lowest BCUT2D eigenvalue weighted by molar-refractivity contribution is 0.0945. The van der Waals surface area contributed by atoms with Crippen LogP contribution in [-0.4, -0.2) is 66.6 Å². The van der Waals surface area contributed by atoms with Crippen LogP contribution in [0.1, 0.15) is 54.9 Å². The number of hydrogen-bond acceptors (Lipinski definition) is 11. The maximum atomic E-state index is 13.0. The Morgan fingerprint density at radius 1 is 1.43 bits per heavy atom. The van der Waals surface area contributed by atoms with Crippen molar-refractivity contribution in [3.8, 4) is 17.3 Å². The van der Waals surface area contributed by atoms with Gasteiger partial charge in [-0.2, -0.15) is 9.78 Å². The van der Waals surface area contributed by atoms with Crippen LogP contribution in [0.2, 0.25) is 0 Å². The molecule has 0 saturated carbocycles. The molecule has 1 atom stereocenters. The molecular formula is C21H26BrN9O4. The molecule has 0 spiro atoms. The number of anilines is 1. The number of nitrogens with zero attached hydrogens (tertiary/aromatic N) is 7. The van der Waals surface area contributed by atoms with E-state index in [1.807, 2.05) is 6.92 Å². The molecule has 1 saturated heterocycles. The summed E-state index contributed by atoms with van der Waals surface area (Å²) in [5.41, 5.74) is 9.53. The lowest BCUT2D eigenvalue weighted by atomic mass is 10.0. The summed E-state index contributed by atoms with van der Waals surface area (Å²) < 4.78 is 11.9. The standard InChI is InChI=1S/C21H26BrN9O4/c1-3-34-16-9-13(8-14(22)18(16)32)10-24-26-21(33)17-15(11-30-7-5-4-6-12(30)2)31(29-25-17)20-19(23)27-35-28-20/h8-10,12,32H,3-7,11H2,1-2H3,(H2,23,27)(H,26,33)/b24-10+/t12-/m1/s1. The summed E-state index contributed by atoms with van der Waals surface area (Å²) in [4.78, 5) is 15.3. The number of nitrogens with one attached hydrogen (secondary N) is 1. The van der Waals surface area contributed by atoms with Gasteiger partial charge < -0.3 is 15.6 Å². The molecule has 4 rings (SSSR count). The number of nitrogens with two attached hydrogens (primary N) is 1. The van der Waals surface area contributed by atoms with Gasteiger partial charge in [0.15, 0.2) is 17.2 Å². The maximum absolute atomic E-state index is 13.0. The Hall–Kier alpha value is -3.52. The number of phenolic OH excluding ortho intramolecular Hbond substituents is 1. The number of rotatable bonds is 8. The number of carbonyl (C=O) groups excluding carboxylic acids is 1. The highest BCUT2D eigenvalue weighted by Crippen LogP contribution is 2.35. The number of aromatic hydroxyl groups is 1. The van der Waals surface area contributed by atoms with E-state index in [4.69, 9.17) is 15.1 Å². The van der Waals surface area contributed by atoms with Gasteiger partial charge in [-0.3, -0.25) is 9.69 Å². The molecule has 1 fully saturated rings. The lowest BCUT2D eigenvalue weighted by Crippen LogP contribution is -2.38. The van der Waals surface area contributed by atoms with Gasteiger partial charge >= 0.3 is 0 Å². The molecule has 13 nitrogen and oxygen atoms in total. The van der Waals surface area contributed by atoms with Crippen LogP contribution in [-0.2, 0) is 6.54 Å². The van der Waals surface area contributed by atoms with E-state index in [1.54, 1.807) is 12.1 Å². The first-order valence-electron chi connectivity index (χ1n) is 11.1. The molecule has 14 heteroatoms. The van der Waals surface area contributed by atoms with Crippen LogP contribution >= 0.6 is 15.9 Å². The average molecular weight is 548 g/mol. The molecule has 186 valence electrons. The van der Waals surface area contributed by atoms with Crippen molar-refractivity contribution < 1.29 is 19.3 Å². The van der Waals surface area contributed by atoms with E-state index in [0.29, 0.717) is 40.7 Å². The van der Waals surface area contributed by atoms with Crippen molar-refractivity contribution >= 4 is 33.9 Å². The number of hydrazone groups is 1. The summed E-state index contributed by atoms with van der Waals surface area (Å²) >= 11 is 3.28. The van der Waals surface area contributed by atoms with Gasteiger partial charge in [0.2, 0.25) is 11.6 Å². The van der Waals surface area contributed by atoms with Gasteiger partial charge in [-0.05, 0) is 77.2 Å². The molecule has 3 aromatic rings. The number of amides is 1. The number of aromatic nitrogens is 5. The molecule has 2 aromatic heterocycles. The minimum absolute atomic E-state index is 0.0112. The molecule has 1 amide bonds. The second-order valence-electron chi connectivity index (χ2n) is 8.07. The van der Waals surface area contributed by atoms with Crippen LogP contribution in [0, 0.1) is 0 Å². The van der Waals surface area contributed by atoms with Crippen molar-refractivity contribution in [2.24, 2.45) is 5.10 Å². The molecule has 0 unspecified atom stereocenters. The fraction of sp³-hybridized carbons (Fsp3) is 0.429. The zero-order valence-corrected chi connectivity index (χ0v) is 20.9. The van der Waals surface area contributed by atoms with E-state index in [-0.39, 0.29) is 23.1 Å². The van der Waals surface area contributed by atoms with E-state index in [0.717, 1.165) is 25.8 Å². The number of carbonyl (C=O) groups is 1. The average Bonchev–Trinajstić information content (AvgIpc) is 3.44. The van der Waals surface area contributed by atoms with Gasteiger partial charge in [0.1, 0.15) is 0 Å². The Bertz CT molecular complexity index is 1230. The summed E-state index contributed by atoms with van der Waals surface area (Å²) in [5.74, 6) is -0.0600. The maximum Gasteiger partial charge on any atom is 0.293 e. The third-order valence-corrected chi connectivity index (χ3v) is 6.30. The van der Waals surface area contributed by atoms with Crippen LogP contribution in [0.15, 0.2) is 26.3 Å². The highest BCUT2D eigenvalue weighted by Gasteiger charge is 2.28. The van der Waals surface area contributed by atoms with Gasteiger partial charge in [-0.15, -0.1) is 5.10 Å². The minimum Gasteiger partial charge on any atom is -0.503 e. The van der Waals surface area contributed by atoms with E-state index in [9.17, 15) is 9.90 Å².